The molecule has 0 radical (unpaired) electrons. The summed E-state index contributed by atoms with van der Waals surface area (Å²) in [6, 6.07) is 11.6. The number of nitrogens with one attached hydrogen (secondary N) is 1. The maximum Gasteiger partial charge on any atom is 0.343 e. The van der Waals surface area contributed by atoms with Crippen LogP contribution in [0.25, 0.3) is 6.08 Å². The highest BCUT2D eigenvalue weighted by Gasteiger charge is 2.36. The van der Waals surface area contributed by atoms with Crippen molar-refractivity contribution in [2.45, 2.75) is 6.92 Å². The predicted molar refractivity (Wildman–Crippen MR) is 129 cm³/mol. The van der Waals surface area contributed by atoms with E-state index in [1.54, 1.807) is 42.5 Å². The molecule has 0 saturated carbocycles. The largest absolute Gasteiger partial charge is 0.494 e. The van der Waals surface area contributed by atoms with Crippen molar-refractivity contribution in [1.29, 1.82) is 0 Å². The molecule has 0 spiro atoms. The summed E-state index contributed by atoms with van der Waals surface area (Å²) in [4.78, 5) is 49.9. The number of carbonyl (C=O) groups is 4. The van der Waals surface area contributed by atoms with Crippen molar-refractivity contribution in [2.75, 3.05) is 39.3 Å². The number of hydrogen-bond donors (Lipinski definition) is 1. The highest BCUT2D eigenvalue weighted by Crippen LogP contribution is 2.34. The van der Waals surface area contributed by atoms with Crippen LogP contribution in [0, 0.1) is 0 Å². The lowest BCUT2D eigenvalue weighted by molar-refractivity contribution is -0.143. The van der Waals surface area contributed by atoms with Crippen LogP contribution in [0.2, 0.25) is 0 Å². The minimum Gasteiger partial charge on any atom is -0.494 e. The summed E-state index contributed by atoms with van der Waals surface area (Å²) in [5.41, 5.74) is 1.08. The number of methoxy groups -OCH3 is 2. The standard InChI is InChI=1S/C24H24N2O8S/c1-4-33-17-8-6-16(7-9-17)25-21(27)13-26-23(29)20(35-24(26)30)12-15-5-10-18(19(11-15)31-2)34-14-22(28)32-3/h5-12H,4,13-14H2,1-3H3,(H,25,27)/b20-12+. The molecule has 35 heavy (non-hydrogen) atoms. The molecule has 1 aliphatic heterocycles. The quantitative estimate of drug-likeness (QED) is 0.387. The molecule has 0 unspecified atom stereocenters. The molecule has 0 bridgehead atoms. The molecule has 3 amide bonds. The van der Waals surface area contributed by atoms with Crippen molar-refractivity contribution >= 4 is 46.5 Å². The van der Waals surface area contributed by atoms with Crippen molar-refractivity contribution in [3.8, 4) is 17.2 Å². The van der Waals surface area contributed by atoms with E-state index in [0.29, 0.717) is 35.1 Å². The third-order valence-electron chi connectivity index (χ3n) is 4.68. The summed E-state index contributed by atoms with van der Waals surface area (Å²) < 4.78 is 20.5. The zero-order valence-corrected chi connectivity index (χ0v) is 20.2. The molecule has 10 nitrogen and oxygen atoms in total. The first-order valence-corrected chi connectivity index (χ1v) is 11.3. The summed E-state index contributed by atoms with van der Waals surface area (Å²) in [5.74, 6) is -0.318. The van der Waals surface area contributed by atoms with Gasteiger partial charge in [0, 0.05) is 5.69 Å². The normalized spacial score (nSPS) is 14.1. The van der Waals surface area contributed by atoms with Gasteiger partial charge < -0.3 is 24.3 Å². The fourth-order valence-corrected chi connectivity index (χ4v) is 3.86. The summed E-state index contributed by atoms with van der Waals surface area (Å²) in [7, 11) is 2.68. The topological polar surface area (TPSA) is 120 Å². The van der Waals surface area contributed by atoms with Crippen LogP contribution in [0.5, 0.6) is 17.2 Å². The van der Waals surface area contributed by atoms with E-state index in [2.05, 4.69) is 10.1 Å². The van der Waals surface area contributed by atoms with Crippen molar-refractivity contribution in [3.05, 3.63) is 52.9 Å². The highest BCUT2D eigenvalue weighted by molar-refractivity contribution is 8.18. The zero-order chi connectivity index (χ0) is 25.4. The maximum absolute atomic E-state index is 12.8. The molecule has 2 aromatic rings. The number of rotatable bonds is 10. The Morgan fingerprint density at radius 2 is 1.77 bits per heavy atom. The first kappa shape index (κ1) is 25.6. The Kier molecular flexibility index (Phi) is 8.74. The first-order valence-electron chi connectivity index (χ1n) is 10.5. The highest BCUT2D eigenvalue weighted by atomic mass is 32.2. The molecule has 1 aliphatic rings. The Morgan fingerprint density at radius 1 is 1.03 bits per heavy atom. The Labute approximate surface area is 206 Å². The van der Waals surface area contributed by atoms with Gasteiger partial charge in [-0.15, -0.1) is 0 Å². The summed E-state index contributed by atoms with van der Waals surface area (Å²) >= 11 is 0.736. The molecule has 11 heteroatoms. The number of benzene rings is 2. The third-order valence-corrected chi connectivity index (χ3v) is 5.59. The van der Waals surface area contributed by atoms with Crippen LogP contribution >= 0.6 is 11.8 Å². The average molecular weight is 501 g/mol. The molecular formula is C24H24N2O8S. The molecular weight excluding hydrogens is 476 g/mol. The Hall–Kier alpha value is -3.99. The molecule has 2 aromatic carbocycles. The van der Waals surface area contributed by atoms with Gasteiger partial charge >= 0.3 is 5.97 Å². The maximum atomic E-state index is 12.8. The van der Waals surface area contributed by atoms with Crippen LogP contribution in [0.3, 0.4) is 0 Å². The van der Waals surface area contributed by atoms with Gasteiger partial charge in [0.05, 0.1) is 25.7 Å². The zero-order valence-electron chi connectivity index (χ0n) is 19.4. The fraction of sp³-hybridized carbons (Fsp3) is 0.250. The Morgan fingerprint density at radius 3 is 2.43 bits per heavy atom. The van der Waals surface area contributed by atoms with Gasteiger partial charge in [-0.3, -0.25) is 19.3 Å². The molecule has 0 atom stereocenters. The third kappa shape index (κ3) is 6.76. The van der Waals surface area contributed by atoms with Crippen LogP contribution < -0.4 is 19.5 Å². The van der Waals surface area contributed by atoms with E-state index < -0.39 is 29.6 Å². The number of thioether (sulfide) groups is 1. The van der Waals surface area contributed by atoms with Crippen molar-refractivity contribution in [1.82, 2.24) is 4.90 Å². The minimum atomic E-state index is -0.577. The second-order valence-electron chi connectivity index (χ2n) is 7.05. The number of anilines is 1. The van der Waals surface area contributed by atoms with Gasteiger partial charge in [0.15, 0.2) is 18.1 Å². The SMILES string of the molecule is CCOc1ccc(NC(=O)CN2C(=O)S/C(=C/c3ccc(OCC(=O)OC)c(OC)c3)C2=O)cc1. The molecule has 3 rings (SSSR count). The van der Waals surface area contributed by atoms with Gasteiger partial charge in [-0.25, -0.2) is 4.79 Å². The second kappa shape index (κ2) is 11.9. The van der Waals surface area contributed by atoms with E-state index in [4.69, 9.17) is 14.2 Å². The summed E-state index contributed by atoms with van der Waals surface area (Å²) in [6.45, 7) is 1.69. The van der Waals surface area contributed by atoms with E-state index >= 15 is 0 Å². The Balaban J connectivity index is 1.65. The van der Waals surface area contributed by atoms with Gasteiger partial charge in [-0.1, -0.05) is 6.07 Å². The van der Waals surface area contributed by atoms with Gasteiger partial charge in [-0.05, 0) is 66.7 Å². The number of amides is 3. The number of hydrogen-bond acceptors (Lipinski definition) is 9. The van der Waals surface area contributed by atoms with Crippen molar-refractivity contribution in [3.63, 3.8) is 0 Å². The van der Waals surface area contributed by atoms with E-state index in [9.17, 15) is 19.2 Å². The number of ether oxygens (including phenoxy) is 4. The predicted octanol–water partition coefficient (Wildman–Crippen LogP) is 3.32. The molecule has 0 aliphatic carbocycles. The van der Waals surface area contributed by atoms with Crippen LogP contribution in [0.4, 0.5) is 10.5 Å². The van der Waals surface area contributed by atoms with E-state index in [0.717, 1.165) is 16.7 Å². The van der Waals surface area contributed by atoms with Gasteiger partial charge in [0.1, 0.15) is 12.3 Å². The first-order chi connectivity index (χ1) is 16.8. The molecule has 1 fully saturated rings. The number of imide groups is 1. The smallest absolute Gasteiger partial charge is 0.343 e. The molecule has 1 N–H and O–H groups in total. The lowest BCUT2D eigenvalue weighted by Crippen LogP contribution is -2.36. The Bertz CT molecular complexity index is 1150. The summed E-state index contributed by atoms with van der Waals surface area (Å²) in [5, 5.41) is 2.11. The minimum absolute atomic E-state index is 0.161. The number of esters is 1. The monoisotopic (exact) mass is 500 g/mol. The van der Waals surface area contributed by atoms with E-state index in [-0.39, 0.29) is 11.5 Å². The van der Waals surface area contributed by atoms with Gasteiger partial charge in [0.25, 0.3) is 11.1 Å². The molecule has 184 valence electrons. The molecule has 1 heterocycles. The number of nitrogens with zero attached hydrogens (tertiary/aromatic N) is 1. The summed E-state index contributed by atoms with van der Waals surface area (Å²) in [6.07, 6.45) is 1.52. The second-order valence-corrected chi connectivity index (χ2v) is 8.04. The lowest BCUT2D eigenvalue weighted by atomic mass is 10.2. The van der Waals surface area contributed by atoms with Gasteiger partial charge in [0.2, 0.25) is 5.91 Å². The fourth-order valence-electron chi connectivity index (χ4n) is 3.02. The molecule has 1 saturated heterocycles. The van der Waals surface area contributed by atoms with E-state index in [1.807, 2.05) is 6.92 Å². The van der Waals surface area contributed by atoms with Crippen LogP contribution in [-0.2, 0) is 19.1 Å². The number of carbonyl (C=O) groups excluding carboxylic acids is 4. The molecule has 0 aromatic heterocycles. The van der Waals surface area contributed by atoms with Crippen LogP contribution in [0.1, 0.15) is 12.5 Å². The lowest BCUT2D eigenvalue weighted by Gasteiger charge is -2.13. The van der Waals surface area contributed by atoms with Crippen molar-refractivity contribution in [2.24, 2.45) is 0 Å². The van der Waals surface area contributed by atoms with Crippen molar-refractivity contribution < 1.29 is 38.1 Å². The van der Waals surface area contributed by atoms with Gasteiger partial charge in [-0.2, -0.15) is 0 Å². The van der Waals surface area contributed by atoms with E-state index in [1.165, 1.54) is 20.3 Å². The van der Waals surface area contributed by atoms with Crippen LogP contribution in [0.15, 0.2) is 47.4 Å². The average Bonchev–Trinajstić information content (AvgIpc) is 3.11. The van der Waals surface area contributed by atoms with Crippen LogP contribution in [-0.4, -0.2) is 61.9 Å².